The van der Waals surface area contributed by atoms with Gasteiger partial charge in [-0.05, 0) is 62.2 Å². The molecule has 1 N–H and O–H groups in total. The first kappa shape index (κ1) is 27.7. The molecule has 2 heterocycles. The molecule has 3 aromatic carbocycles. The summed E-state index contributed by atoms with van der Waals surface area (Å²) >= 11 is 6.09. The van der Waals surface area contributed by atoms with E-state index in [1.807, 2.05) is 42.6 Å². The predicted octanol–water partition coefficient (Wildman–Crippen LogP) is 6.51. The Morgan fingerprint density at radius 3 is 2.50 bits per heavy atom. The Morgan fingerprint density at radius 1 is 1.05 bits per heavy atom. The van der Waals surface area contributed by atoms with Gasteiger partial charge in [-0.25, -0.2) is 18.4 Å². The molecular weight excluding hydrogens is 534 g/mol. The van der Waals surface area contributed by atoms with Crippen molar-refractivity contribution in [1.29, 1.82) is 0 Å². The van der Waals surface area contributed by atoms with Gasteiger partial charge >= 0.3 is 0 Å². The van der Waals surface area contributed by atoms with Crippen molar-refractivity contribution in [2.45, 2.75) is 58.0 Å². The van der Waals surface area contributed by atoms with Crippen LogP contribution in [0.5, 0.6) is 0 Å². The van der Waals surface area contributed by atoms with Gasteiger partial charge in [0, 0.05) is 46.5 Å². The molecule has 10 heteroatoms. The molecule has 0 aliphatic rings. The summed E-state index contributed by atoms with van der Waals surface area (Å²) in [6.07, 6.45) is 5.58. The molecule has 0 saturated heterocycles. The summed E-state index contributed by atoms with van der Waals surface area (Å²) < 4.78 is 31.8. The maximum absolute atomic E-state index is 15.0. The molecule has 0 aliphatic heterocycles. The van der Waals surface area contributed by atoms with Crippen molar-refractivity contribution < 1.29 is 13.9 Å². The Balaban J connectivity index is 1.51. The number of fused-ring (bicyclic) bond motifs is 1. The number of nitrogens with zero attached hydrogens (tertiary/aromatic N) is 6. The standard InChI is InChI=1S/C30H31ClF2N6O/c1-4-20(2)38(15-22-5-7-24(31)8-6-22)26-10-12-29-23(13-26)16-39(36-29)21(3)30(40,17-37-19-34-18-35-37)27-11-9-25(32)14-28(27)33/h5-14,16,18-21,40H,4,15,17H2,1-3H3/t20?,21-,30-/m1/s1. The fraction of sp³-hybridized carbons (Fsp3) is 0.300. The SMILES string of the molecule is CCC(C)N(Cc1ccc(Cl)cc1)c1ccc2nn([C@H](C)[C@](O)(Cn3cncn3)c3ccc(F)cc3F)cc2c1. The van der Waals surface area contributed by atoms with Crippen LogP contribution in [0.4, 0.5) is 14.5 Å². The summed E-state index contributed by atoms with van der Waals surface area (Å²) in [7, 11) is 0. The van der Waals surface area contributed by atoms with Gasteiger partial charge in [-0.15, -0.1) is 0 Å². The number of hydrogen-bond acceptors (Lipinski definition) is 5. The van der Waals surface area contributed by atoms with E-state index in [1.54, 1.807) is 11.6 Å². The molecule has 0 aliphatic carbocycles. The van der Waals surface area contributed by atoms with Crippen molar-refractivity contribution in [2.75, 3.05) is 4.90 Å². The van der Waals surface area contributed by atoms with Crippen LogP contribution in [0.25, 0.3) is 10.9 Å². The first-order chi connectivity index (χ1) is 19.2. The Labute approximate surface area is 236 Å². The van der Waals surface area contributed by atoms with Crippen LogP contribution in [0.15, 0.2) is 79.5 Å². The van der Waals surface area contributed by atoms with Crippen molar-refractivity contribution in [3.05, 3.63) is 107 Å². The molecule has 7 nitrogen and oxygen atoms in total. The Kier molecular flexibility index (Phi) is 7.87. The molecule has 5 rings (SSSR count). The Bertz CT molecular complexity index is 1590. The topological polar surface area (TPSA) is 72.0 Å². The number of anilines is 1. The fourth-order valence-corrected chi connectivity index (χ4v) is 5.11. The highest BCUT2D eigenvalue weighted by molar-refractivity contribution is 6.30. The highest BCUT2D eigenvalue weighted by atomic mass is 35.5. The summed E-state index contributed by atoms with van der Waals surface area (Å²) in [6.45, 7) is 6.69. The minimum atomic E-state index is -1.81. The lowest BCUT2D eigenvalue weighted by molar-refractivity contribution is -0.0366. The second kappa shape index (κ2) is 11.3. The molecule has 0 fully saturated rings. The second-order valence-corrected chi connectivity index (χ2v) is 10.6. The van der Waals surface area contributed by atoms with Gasteiger partial charge in [-0.3, -0.25) is 4.68 Å². The molecule has 0 radical (unpaired) electrons. The van der Waals surface area contributed by atoms with Gasteiger partial charge in [0.15, 0.2) is 0 Å². The first-order valence-electron chi connectivity index (χ1n) is 13.2. The van der Waals surface area contributed by atoms with Crippen molar-refractivity contribution in [3.8, 4) is 0 Å². The lowest BCUT2D eigenvalue weighted by atomic mass is 9.86. The van der Waals surface area contributed by atoms with E-state index in [0.717, 1.165) is 40.7 Å². The minimum absolute atomic E-state index is 0.0527. The lowest BCUT2D eigenvalue weighted by Crippen LogP contribution is -2.40. The van der Waals surface area contributed by atoms with Crippen LogP contribution in [0.3, 0.4) is 0 Å². The normalized spacial score (nSPS) is 14.7. The number of aromatic nitrogens is 5. The summed E-state index contributed by atoms with van der Waals surface area (Å²) in [4.78, 5) is 6.27. The summed E-state index contributed by atoms with van der Waals surface area (Å²) in [5, 5.41) is 22.4. The summed E-state index contributed by atoms with van der Waals surface area (Å²) in [6, 6.07) is 16.6. The van der Waals surface area contributed by atoms with E-state index >= 15 is 4.39 Å². The number of halogens is 3. The maximum Gasteiger partial charge on any atom is 0.137 e. The monoisotopic (exact) mass is 564 g/mol. The van der Waals surface area contributed by atoms with Gasteiger partial charge in [0.2, 0.25) is 0 Å². The van der Waals surface area contributed by atoms with Crippen molar-refractivity contribution in [1.82, 2.24) is 24.5 Å². The van der Waals surface area contributed by atoms with Gasteiger partial charge < -0.3 is 10.0 Å². The van der Waals surface area contributed by atoms with Gasteiger partial charge in [0.1, 0.15) is 29.9 Å². The number of hydrogen-bond donors (Lipinski definition) is 1. The Morgan fingerprint density at radius 2 is 1.82 bits per heavy atom. The smallest absolute Gasteiger partial charge is 0.137 e. The van der Waals surface area contributed by atoms with Gasteiger partial charge in [0.25, 0.3) is 0 Å². The fourth-order valence-electron chi connectivity index (χ4n) is 4.98. The predicted molar refractivity (Wildman–Crippen MR) is 152 cm³/mol. The number of aliphatic hydroxyl groups is 1. The molecule has 1 unspecified atom stereocenters. The third kappa shape index (κ3) is 5.57. The zero-order valence-corrected chi connectivity index (χ0v) is 23.3. The summed E-state index contributed by atoms with van der Waals surface area (Å²) in [5.74, 6) is -1.57. The van der Waals surface area contributed by atoms with Crippen molar-refractivity contribution >= 4 is 28.2 Å². The van der Waals surface area contributed by atoms with Crippen LogP contribution >= 0.6 is 11.6 Å². The van der Waals surface area contributed by atoms with E-state index in [9.17, 15) is 9.50 Å². The third-order valence-electron chi connectivity index (χ3n) is 7.58. The van der Waals surface area contributed by atoms with Gasteiger partial charge in [0.05, 0.1) is 18.1 Å². The third-order valence-corrected chi connectivity index (χ3v) is 7.83. The average molecular weight is 565 g/mol. The van der Waals surface area contributed by atoms with Gasteiger partial charge in [-0.1, -0.05) is 36.7 Å². The van der Waals surface area contributed by atoms with E-state index in [4.69, 9.17) is 16.7 Å². The van der Waals surface area contributed by atoms with Crippen LogP contribution in [-0.4, -0.2) is 35.7 Å². The largest absolute Gasteiger partial charge is 0.381 e. The highest BCUT2D eigenvalue weighted by Crippen LogP contribution is 2.37. The molecule has 3 atom stereocenters. The quantitative estimate of drug-likeness (QED) is 0.209. The van der Waals surface area contributed by atoms with Crippen LogP contribution < -0.4 is 4.90 Å². The molecule has 0 bridgehead atoms. The molecule has 0 spiro atoms. The molecular formula is C30H31ClF2N6O. The van der Waals surface area contributed by atoms with E-state index in [2.05, 4.69) is 34.9 Å². The number of rotatable bonds is 10. The minimum Gasteiger partial charge on any atom is -0.381 e. The lowest BCUT2D eigenvalue weighted by Gasteiger charge is -2.34. The van der Waals surface area contributed by atoms with Crippen LogP contribution in [0, 0.1) is 11.6 Å². The van der Waals surface area contributed by atoms with Crippen molar-refractivity contribution in [2.24, 2.45) is 0 Å². The maximum atomic E-state index is 15.0. The molecule has 2 aromatic heterocycles. The zero-order chi connectivity index (χ0) is 28.4. The molecule has 5 aromatic rings. The zero-order valence-electron chi connectivity index (χ0n) is 22.5. The van der Waals surface area contributed by atoms with Crippen molar-refractivity contribution in [3.63, 3.8) is 0 Å². The first-order valence-corrected chi connectivity index (χ1v) is 13.6. The molecule has 0 saturated carbocycles. The van der Waals surface area contributed by atoms with Gasteiger partial charge in [-0.2, -0.15) is 10.2 Å². The van der Waals surface area contributed by atoms with Crippen LogP contribution in [0.1, 0.15) is 44.4 Å². The molecule has 40 heavy (non-hydrogen) atoms. The second-order valence-electron chi connectivity index (χ2n) is 10.2. The highest BCUT2D eigenvalue weighted by Gasteiger charge is 2.41. The van der Waals surface area contributed by atoms with E-state index in [-0.39, 0.29) is 18.2 Å². The van der Waals surface area contributed by atoms with E-state index in [0.29, 0.717) is 11.6 Å². The van der Waals surface area contributed by atoms with Crippen LogP contribution in [-0.2, 0) is 18.7 Å². The van der Waals surface area contributed by atoms with E-state index < -0.39 is 23.3 Å². The number of benzene rings is 3. The molecule has 208 valence electrons. The Hall–Kier alpha value is -3.82. The van der Waals surface area contributed by atoms with Crippen LogP contribution in [0.2, 0.25) is 5.02 Å². The van der Waals surface area contributed by atoms with E-state index in [1.165, 1.54) is 23.4 Å². The average Bonchev–Trinajstić information content (AvgIpc) is 3.61. The molecule has 0 amide bonds. The summed E-state index contributed by atoms with van der Waals surface area (Å²) in [5.41, 5.74) is 1.05.